The second-order valence-electron chi connectivity index (χ2n) is 4.71. The summed E-state index contributed by atoms with van der Waals surface area (Å²) in [4.78, 5) is 17.7. The molecule has 0 fully saturated rings. The molecule has 1 N–H and O–H groups in total. The lowest BCUT2D eigenvalue weighted by Gasteiger charge is -2.14. The Labute approximate surface area is 103 Å². The molecule has 0 amide bonds. The van der Waals surface area contributed by atoms with Gasteiger partial charge in [-0.15, -0.1) is 0 Å². The molecule has 17 heavy (non-hydrogen) atoms. The van der Waals surface area contributed by atoms with Crippen molar-refractivity contribution in [1.82, 2.24) is 9.97 Å². The molecule has 6 heteroatoms. The number of non-ortho nitro benzene ring substituents is 1. The van der Waals surface area contributed by atoms with Crippen molar-refractivity contribution in [2.24, 2.45) is 0 Å². The van der Waals surface area contributed by atoms with Crippen LogP contribution in [0.1, 0.15) is 20.8 Å². The van der Waals surface area contributed by atoms with Crippen molar-refractivity contribution in [2.45, 2.75) is 30.7 Å². The van der Waals surface area contributed by atoms with Crippen LogP contribution < -0.4 is 0 Å². The van der Waals surface area contributed by atoms with E-state index in [1.165, 1.54) is 12.1 Å². The van der Waals surface area contributed by atoms with Gasteiger partial charge in [-0.2, -0.15) is 0 Å². The van der Waals surface area contributed by atoms with Crippen LogP contribution in [0.25, 0.3) is 11.0 Å². The quantitative estimate of drug-likeness (QED) is 0.504. The summed E-state index contributed by atoms with van der Waals surface area (Å²) in [5, 5.41) is 11.4. The number of nitro groups is 1. The third-order valence-electron chi connectivity index (χ3n) is 2.06. The van der Waals surface area contributed by atoms with E-state index in [0.717, 1.165) is 10.7 Å². The monoisotopic (exact) mass is 251 g/mol. The topological polar surface area (TPSA) is 71.8 Å². The van der Waals surface area contributed by atoms with Gasteiger partial charge in [0.05, 0.1) is 16.0 Å². The predicted molar refractivity (Wildman–Crippen MR) is 68.4 cm³/mol. The van der Waals surface area contributed by atoms with E-state index in [-0.39, 0.29) is 10.4 Å². The predicted octanol–water partition coefficient (Wildman–Crippen LogP) is 3.36. The van der Waals surface area contributed by atoms with Crippen molar-refractivity contribution < 1.29 is 4.92 Å². The minimum absolute atomic E-state index is 0.0554. The summed E-state index contributed by atoms with van der Waals surface area (Å²) >= 11 is 1.60. The smallest absolute Gasteiger partial charge is 0.271 e. The summed E-state index contributed by atoms with van der Waals surface area (Å²) in [6.07, 6.45) is 0. The van der Waals surface area contributed by atoms with Gasteiger partial charge in [-0.1, -0.05) is 32.5 Å². The highest BCUT2D eigenvalue weighted by Gasteiger charge is 2.16. The van der Waals surface area contributed by atoms with Gasteiger partial charge in [0, 0.05) is 16.9 Å². The minimum atomic E-state index is -0.412. The number of thioether (sulfide) groups is 1. The van der Waals surface area contributed by atoms with Crippen molar-refractivity contribution in [2.75, 3.05) is 0 Å². The lowest BCUT2D eigenvalue weighted by molar-refractivity contribution is -0.384. The van der Waals surface area contributed by atoms with Crippen molar-refractivity contribution in [1.29, 1.82) is 0 Å². The van der Waals surface area contributed by atoms with Crippen LogP contribution in [-0.2, 0) is 0 Å². The summed E-state index contributed by atoms with van der Waals surface area (Å²) < 4.78 is 0.0554. The van der Waals surface area contributed by atoms with E-state index >= 15 is 0 Å². The number of H-pyrrole nitrogens is 1. The first kappa shape index (κ1) is 11.9. The number of nitrogens with zero attached hydrogens (tertiary/aromatic N) is 2. The zero-order valence-corrected chi connectivity index (χ0v) is 10.7. The highest BCUT2D eigenvalue weighted by atomic mass is 32.2. The third-order valence-corrected chi connectivity index (χ3v) is 3.06. The summed E-state index contributed by atoms with van der Waals surface area (Å²) in [6, 6.07) is 4.65. The van der Waals surface area contributed by atoms with Crippen molar-refractivity contribution in [3.05, 3.63) is 28.3 Å². The molecule has 0 unspecified atom stereocenters. The highest BCUT2D eigenvalue weighted by Crippen LogP contribution is 2.31. The van der Waals surface area contributed by atoms with Crippen LogP contribution in [0.2, 0.25) is 0 Å². The van der Waals surface area contributed by atoms with E-state index in [9.17, 15) is 10.1 Å². The van der Waals surface area contributed by atoms with Gasteiger partial charge >= 0.3 is 0 Å². The van der Waals surface area contributed by atoms with Crippen LogP contribution in [0.15, 0.2) is 23.4 Å². The molecule has 1 aromatic heterocycles. The standard InChI is InChI=1S/C11H13N3O2S/c1-11(2,3)17-10-12-8-5-4-7(14(15)16)6-9(8)13-10/h4-6H,1-3H3,(H,12,13). The van der Waals surface area contributed by atoms with Crippen molar-refractivity contribution in [3.8, 4) is 0 Å². The number of benzene rings is 1. The fraction of sp³-hybridized carbons (Fsp3) is 0.364. The number of nitro benzene ring substituents is 1. The number of hydrogen-bond donors (Lipinski definition) is 1. The normalized spacial score (nSPS) is 11.9. The molecule has 0 saturated carbocycles. The van der Waals surface area contributed by atoms with Gasteiger partial charge in [-0.25, -0.2) is 4.98 Å². The van der Waals surface area contributed by atoms with Crippen LogP contribution in [-0.4, -0.2) is 19.6 Å². The Balaban J connectivity index is 2.40. The third kappa shape index (κ3) is 2.76. The number of fused-ring (bicyclic) bond motifs is 1. The molecule has 0 aliphatic heterocycles. The van der Waals surface area contributed by atoms with E-state index in [1.54, 1.807) is 17.8 Å². The summed E-state index contributed by atoms with van der Waals surface area (Å²) in [5.74, 6) is 0. The molecule has 0 radical (unpaired) electrons. The van der Waals surface area contributed by atoms with Crippen LogP contribution >= 0.6 is 11.8 Å². The van der Waals surface area contributed by atoms with Crippen LogP contribution in [0.4, 0.5) is 5.69 Å². The first-order chi connectivity index (χ1) is 7.85. The van der Waals surface area contributed by atoms with Crippen LogP contribution in [0.5, 0.6) is 0 Å². The van der Waals surface area contributed by atoms with Gasteiger partial charge in [0.1, 0.15) is 0 Å². The van der Waals surface area contributed by atoms with E-state index < -0.39 is 4.92 Å². The maximum Gasteiger partial charge on any atom is 0.271 e. The largest absolute Gasteiger partial charge is 0.333 e. The van der Waals surface area contributed by atoms with E-state index in [0.29, 0.717) is 5.52 Å². The summed E-state index contributed by atoms with van der Waals surface area (Å²) in [7, 11) is 0. The Morgan fingerprint density at radius 2 is 2.12 bits per heavy atom. The molecular formula is C11H13N3O2S. The molecule has 0 saturated heterocycles. The summed E-state index contributed by atoms with van der Waals surface area (Å²) in [5.41, 5.74) is 1.52. The molecule has 90 valence electrons. The SMILES string of the molecule is CC(C)(C)Sc1nc2cc([N+](=O)[O-])ccc2[nH]1. The molecule has 0 spiro atoms. The molecule has 0 atom stereocenters. The molecule has 2 aromatic rings. The van der Waals surface area contributed by atoms with E-state index in [4.69, 9.17) is 0 Å². The first-order valence-electron chi connectivity index (χ1n) is 5.18. The fourth-order valence-electron chi connectivity index (χ4n) is 1.42. The maximum absolute atomic E-state index is 10.6. The Bertz CT molecular complexity index is 572. The second-order valence-corrected chi connectivity index (χ2v) is 6.53. The average Bonchev–Trinajstić information content (AvgIpc) is 2.54. The minimum Gasteiger partial charge on any atom is -0.333 e. The van der Waals surface area contributed by atoms with Gasteiger partial charge in [0.25, 0.3) is 5.69 Å². The number of imidazole rings is 1. The number of nitrogens with one attached hydrogen (secondary N) is 1. The van der Waals surface area contributed by atoms with Crippen molar-refractivity contribution >= 4 is 28.5 Å². The second kappa shape index (κ2) is 4.03. The fourth-order valence-corrected chi connectivity index (χ4v) is 2.31. The Morgan fingerprint density at radius 3 is 2.71 bits per heavy atom. The summed E-state index contributed by atoms with van der Waals surface area (Å²) in [6.45, 7) is 6.27. The average molecular weight is 251 g/mol. The molecule has 5 nitrogen and oxygen atoms in total. The Morgan fingerprint density at radius 1 is 1.41 bits per heavy atom. The van der Waals surface area contributed by atoms with Gasteiger partial charge < -0.3 is 4.98 Å². The molecule has 0 aliphatic carbocycles. The maximum atomic E-state index is 10.6. The number of rotatable bonds is 2. The van der Waals surface area contributed by atoms with E-state index in [2.05, 4.69) is 30.7 Å². The van der Waals surface area contributed by atoms with Gasteiger partial charge in [-0.3, -0.25) is 10.1 Å². The number of hydrogen-bond acceptors (Lipinski definition) is 4. The number of aromatic nitrogens is 2. The molecule has 0 bridgehead atoms. The van der Waals surface area contributed by atoms with Crippen LogP contribution in [0, 0.1) is 10.1 Å². The van der Waals surface area contributed by atoms with Crippen LogP contribution in [0.3, 0.4) is 0 Å². The van der Waals surface area contributed by atoms with Gasteiger partial charge in [0.2, 0.25) is 0 Å². The zero-order valence-electron chi connectivity index (χ0n) is 9.85. The molecule has 0 aliphatic rings. The lowest BCUT2D eigenvalue weighted by atomic mass is 10.3. The Kier molecular flexibility index (Phi) is 2.82. The van der Waals surface area contributed by atoms with E-state index in [1.807, 2.05) is 0 Å². The highest BCUT2D eigenvalue weighted by molar-refractivity contribution is 8.00. The first-order valence-corrected chi connectivity index (χ1v) is 6.00. The number of aromatic amines is 1. The lowest BCUT2D eigenvalue weighted by Crippen LogP contribution is -2.06. The Hall–Kier alpha value is -1.56. The molecule has 1 aromatic carbocycles. The van der Waals surface area contributed by atoms with Gasteiger partial charge in [0.15, 0.2) is 5.16 Å². The van der Waals surface area contributed by atoms with Gasteiger partial charge in [-0.05, 0) is 6.07 Å². The molecule has 1 heterocycles. The van der Waals surface area contributed by atoms with Crippen molar-refractivity contribution in [3.63, 3.8) is 0 Å². The zero-order chi connectivity index (χ0) is 12.6. The molecular weight excluding hydrogens is 238 g/mol. The molecule has 2 rings (SSSR count).